The predicted molar refractivity (Wildman–Crippen MR) is 126 cm³/mol. The predicted octanol–water partition coefficient (Wildman–Crippen LogP) is 5.37. The van der Waals surface area contributed by atoms with Gasteiger partial charge in [-0.2, -0.15) is 0 Å². The van der Waals surface area contributed by atoms with Crippen LogP contribution < -0.4 is 4.74 Å². The molecule has 0 aliphatic carbocycles. The molecule has 0 spiro atoms. The SMILES string of the molecule is O=NC(Cc1cc(I)c(Oc2cc(I)c(O)c(I)c2)c(I)c1)C(=O)O. The Morgan fingerprint density at radius 2 is 1.56 bits per heavy atom. The van der Waals surface area contributed by atoms with Crippen LogP contribution in [0.15, 0.2) is 29.4 Å². The summed E-state index contributed by atoms with van der Waals surface area (Å²) >= 11 is 8.26. The standard InChI is InChI=1S/C15H9I4NO5/c16-8-4-7(5-9(17)13(8)21)25-14-10(18)1-6(2-11(14)19)3-12(20-24)15(22)23/h1-2,4-5,12,21H,3H2,(H,22,23). The number of hydrogen-bond acceptors (Lipinski definition) is 5. The van der Waals surface area contributed by atoms with Crippen molar-refractivity contribution in [2.45, 2.75) is 12.5 Å². The highest BCUT2D eigenvalue weighted by molar-refractivity contribution is 14.1. The molecule has 0 aromatic heterocycles. The van der Waals surface area contributed by atoms with Gasteiger partial charge < -0.3 is 14.9 Å². The first-order chi connectivity index (χ1) is 11.7. The van der Waals surface area contributed by atoms with Crippen LogP contribution in [0.1, 0.15) is 5.56 Å². The van der Waals surface area contributed by atoms with E-state index in [4.69, 9.17) is 9.84 Å². The molecule has 0 radical (unpaired) electrons. The minimum absolute atomic E-state index is 0.0279. The summed E-state index contributed by atoms with van der Waals surface area (Å²) in [6, 6.07) is 5.70. The highest BCUT2D eigenvalue weighted by Crippen LogP contribution is 2.37. The van der Waals surface area contributed by atoms with E-state index in [0.717, 1.165) is 7.14 Å². The fourth-order valence-corrected chi connectivity index (χ4v) is 5.77. The maximum atomic E-state index is 11.0. The number of carboxylic acid groups (broad SMARTS) is 1. The van der Waals surface area contributed by atoms with Crippen molar-refractivity contribution in [1.82, 2.24) is 0 Å². The second-order valence-corrected chi connectivity index (χ2v) is 9.54. The summed E-state index contributed by atoms with van der Waals surface area (Å²) in [5.41, 5.74) is 0.697. The molecule has 0 aliphatic rings. The van der Waals surface area contributed by atoms with Crippen LogP contribution in [0.2, 0.25) is 0 Å². The number of nitrogens with zero attached hydrogens (tertiary/aromatic N) is 1. The molecule has 25 heavy (non-hydrogen) atoms. The largest absolute Gasteiger partial charge is 0.506 e. The molecule has 2 rings (SSSR count). The molecule has 2 N–H and O–H groups in total. The molecule has 0 aliphatic heterocycles. The Labute approximate surface area is 197 Å². The Kier molecular flexibility index (Phi) is 7.93. The average molecular weight is 791 g/mol. The van der Waals surface area contributed by atoms with E-state index in [1.165, 1.54) is 0 Å². The smallest absolute Gasteiger partial charge is 0.332 e. The molecule has 0 saturated heterocycles. The van der Waals surface area contributed by atoms with E-state index in [0.29, 0.717) is 24.2 Å². The number of hydrogen-bond donors (Lipinski definition) is 2. The van der Waals surface area contributed by atoms with Gasteiger partial charge in [0.05, 0.1) is 14.3 Å². The quantitative estimate of drug-likeness (QED) is 0.304. The Balaban J connectivity index is 2.31. The van der Waals surface area contributed by atoms with Gasteiger partial charge in [0.2, 0.25) is 0 Å². The molecule has 0 amide bonds. The summed E-state index contributed by atoms with van der Waals surface area (Å²) in [7, 11) is 0. The van der Waals surface area contributed by atoms with Gasteiger partial charge >= 0.3 is 5.97 Å². The number of carboxylic acids is 1. The molecule has 0 saturated carbocycles. The van der Waals surface area contributed by atoms with E-state index in [-0.39, 0.29) is 12.2 Å². The first-order valence-electron chi connectivity index (χ1n) is 6.62. The molecule has 10 heteroatoms. The fourth-order valence-electron chi connectivity index (χ4n) is 1.94. The number of benzene rings is 2. The van der Waals surface area contributed by atoms with Crippen molar-refractivity contribution in [2.75, 3.05) is 0 Å². The third-order valence-corrected chi connectivity index (χ3v) is 6.36. The molecule has 1 unspecified atom stereocenters. The number of aromatic hydroxyl groups is 1. The Hall–Kier alpha value is 0.0300. The van der Waals surface area contributed by atoms with Crippen molar-refractivity contribution in [3.05, 3.63) is 49.0 Å². The van der Waals surface area contributed by atoms with Gasteiger partial charge in [-0.25, -0.2) is 4.79 Å². The van der Waals surface area contributed by atoms with Crippen LogP contribution >= 0.6 is 90.4 Å². The number of rotatable bonds is 6. The molecular formula is C15H9I4NO5. The number of carbonyl (C=O) groups is 1. The van der Waals surface area contributed by atoms with Crippen molar-refractivity contribution in [3.63, 3.8) is 0 Å². The van der Waals surface area contributed by atoms with E-state index >= 15 is 0 Å². The van der Waals surface area contributed by atoms with Gasteiger partial charge in [-0.15, -0.1) is 4.91 Å². The maximum Gasteiger partial charge on any atom is 0.332 e. The van der Waals surface area contributed by atoms with E-state index in [1.54, 1.807) is 24.3 Å². The minimum atomic E-state index is -1.31. The zero-order valence-electron chi connectivity index (χ0n) is 12.2. The van der Waals surface area contributed by atoms with Gasteiger partial charge in [-0.1, -0.05) is 5.18 Å². The van der Waals surface area contributed by atoms with Crippen LogP contribution in [0.5, 0.6) is 17.2 Å². The number of nitroso groups, excluding NO2 is 1. The van der Waals surface area contributed by atoms with Crippen LogP contribution in [0.4, 0.5) is 0 Å². The Morgan fingerprint density at radius 3 is 2.00 bits per heavy atom. The first-order valence-corrected chi connectivity index (χ1v) is 10.9. The van der Waals surface area contributed by atoms with E-state index in [1.807, 2.05) is 45.2 Å². The minimum Gasteiger partial charge on any atom is -0.506 e. The second kappa shape index (κ2) is 9.29. The highest BCUT2D eigenvalue weighted by atomic mass is 127. The van der Waals surface area contributed by atoms with Crippen molar-refractivity contribution in [2.24, 2.45) is 5.18 Å². The molecular weight excluding hydrogens is 782 g/mol. The van der Waals surface area contributed by atoms with E-state index < -0.39 is 12.0 Å². The van der Waals surface area contributed by atoms with Crippen LogP contribution in [0.25, 0.3) is 0 Å². The summed E-state index contributed by atoms with van der Waals surface area (Å²) < 4.78 is 8.89. The van der Waals surface area contributed by atoms with Gasteiger partial charge in [0.25, 0.3) is 0 Å². The van der Waals surface area contributed by atoms with Crippen molar-refractivity contribution >= 4 is 96.3 Å². The lowest BCUT2D eigenvalue weighted by Crippen LogP contribution is -2.20. The number of halogens is 4. The van der Waals surface area contributed by atoms with E-state index in [2.05, 4.69) is 50.4 Å². The summed E-state index contributed by atoms with van der Waals surface area (Å²) in [6.07, 6.45) is 0.0279. The molecule has 0 heterocycles. The molecule has 2 aromatic carbocycles. The van der Waals surface area contributed by atoms with Crippen LogP contribution in [0, 0.1) is 19.2 Å². The maximum absolute atomic E-state index is 11.0. The molecule has 1 atom stereocenters. The lowest BCUT2D eigenvalue weighted by atomic mass is 10.1. The van der Waals surface area contributed by atoms with Crippen LogP contribution in [0.3, 0.4) is 0 Å². The number of phenolic OH excluding ortho intramolecular Hbond substituents is 1. The Bertz CT molecular complexity index is 797. The molecule has 0 fully saturated rings. The molecule has 0 bridgehead atoms. The van der Waals surface area contributed by atoms with Crippen molar-refractivity contribution < 1.29 is 19.7 Å². The monoisotopic (exact) mass is 791 g/mol. The normalized spacial score (nSPS) is 11.8. The summed E-state index contributed by atoms with van der Waals surface area (Å²) in [5.74, 6) is 0.198. The molecule has 132 valence electrons. The highest BCUT2D eigenvalue weighted by Gasteiger charge is 2.20. The Morgan fingerprint density at radius 1 is 1.04 bits per heavy atom. The molecule has 2 aromatic rings. The first kappa shape index (κ1) is 21.3. The van der Waals surface area contributed by atoms with Crippen LogP contribution in [-0.2, 0) is 11.2 Å². The summed E-state index contributed by atoms with van der Waals surface area (Å²) in [5, 5.41) is 21.4. The summed E-state index contributed by atoms with van der Waals surface area (Å²) in [4.78, 5) is 21.6. The zero-order valence-corrected chi connectivity index (χ0v) is 20.8. The summed E-state index contributed by atoms with van der Waals surface area (Å²) in [6.45, 7) is 0. The van der Waals surface area contributed by atoms with Gasteiger partial charge in [-0.3, -0.25) is 0 Å². The van der Waals surface area contributed by atoms with Crippen molar-refractivity contribution in [1.29, 1.82) is 0 Å². The third-order valence-electron chi connectivity index (χ3n) is 3.11. The number of phenols is 1. The van der Waals surface area contributed by atoms with E-state index in [9.17, 15) is 14.8 Å². The van der Waals surface area contributed by atoms with Gasteiger partial charge in [-0.05, 0) is 120 Å². The third kappa shape index (κ3) is 5.50. The lowest BCUT2D eigenvalue weighted by molar-refractivity contribution is -0.138. The van der Waals surface area contributed by atoms with Crippen LogP contribution in [-0.4, -0.2) is 22.2 Å². The number of aliphatic carboxylic acids is 1. The van der Waals surface area contributed by atoms with Gasteiger partial charge in [0, 0.05) is 6.42 Å². The second-order valence-electron chi connectivity index (χ2n) is 4.89. The average Bonchev–Trinajstić information content (AvgIpc) is 2.53. The lowest BCUT2D eigenvalue weighted by Gasteiger charge is -2.14. The number of ether oxygens (including phenoxy) is 1. The topological polar surface area (TPSA) is 96.2 Å². The fraction of sp³-hybridized carbons (Fsp3) is 0.133. The zero-order chi connectivity index (χ0) is 18.7. The van der Waals surface area contributed by atoms with Gasteiger partial charge in [0.15, 0.2) is 11.8 Å². The van der Waals surface area contributed by atoms with Crippen molar-refractivity contribution in [3.8, 4) is 17.2 Å². The van der Waals surface area contributed by atoms with Gasteiger partial charge in [0.1, 0.15) is 11.5 Å². The molecule has 6 nitrogen and oxygen atoms in total.